The van der Waals surface area contributed by atoms with Crippen LogP contribution in [0, 0.1) is 6.92 Å². The molecule has 0 spiro atoms. The molecular weight excluding hydrogens is 324 g/mol. The zero-order chi connectivity index (χ0) is 18.1. The fourth-order valence-corrected chi connectivity index (χ4v) is 2.81. The molecule has 1 aliphatic rings. The van der Waals surface area contributed by atoms with E-state index in [-0.39, 0.29) is 24.3 Å². The van der Waals surface area contributed by atoms with Crippen LogP contribution in [0.4, 0.5) is 4.79 Å². The minimum absolute atomic E-state index is 0.203. The van der Waals surface area contributed by atoms with Gasteiger partial charge in [-0.3, -0.25) is 23.7 Å². The predicted octanol–water partition coefficient (Wildman–Crippen LogP) is 1.09. The van der Waals surface area contributed by atoms with E-state index in [0.29, 0.717) is 12.1 Å². The maximum Gasteiger partial charge on any atom is 0.334 e. The number of amides is 4. The lowest BCUT2D eigenvalue weighted by atomic mass is 10.3. The van der Waals surface area contributed by atoms with Crippen molar-refractivity contribution in [3.8, 4) is 0 Å². The molecule has 1 saturated heterocycles. The normalized spacial score (nSPS) is 14.9. The largest absolute Gasteiger partial charge is 0.334 e. The van der Waals surface area contributed by atoms with Crippen molar-refractivity contribution in [2.75, 3.05) is 6.54 Å². The fraction of sp³-hybridized carbons (Fsp3) is 0.353. The Bertz CT molecular complexity index is 934. The Balaban J connectivity index is 1.91. The number of pyridine rings is 1. The van der Waals surface area contributed by atoms with E-state index in [2.05, 4.69) is 4.98 Å². The molecule has 0 atom stereocenters. The summed E-state index contributed by atoms with van der Waals surface area (Å²) >= 11 is 0. The highest BCUT2D eigenvalue weighted by molar-refractivity contribution is 6.44. The van der Waals surface area contributed by atoms with Crippen LogP contribution in [-0.4, -0.2) is 43.6 Å². The number of nitrogens with zero attached hydrogens (tertiary/aromatic N) is 4. The first-order chi connectivity index (χ1) is 11.9. The summed E-state index contributed by atoms with van der Waals surface area (Å²) in [5.74, 6) is -1.71. The molecule has 130 valence electrons. The lowest BCUT2D eigenvalue weighted by Crippen LogP contribution is -2.34. The predicted molar refractivity (Wildman–Crippen MR) is 88.8 cm³/mol. The van der Waals surface area contributed by atoms with Crippen molar-refractivity contribution in [1.29, 1.82) is 0 Å². The average molecular weight is 342 g/mol. The number of hydrogen-bond donors (Lipinski definition) is 0. The lowest BCUT2D eigenvalue weighted by molar-refractivity contribution is -0.143. The number of unbranched alkanes of at least 4 members (excludes halogenated alkanes) is 1. The highest BCUT2D eigenvalue weighted by Crippen LogP contribution is 2.16. The van der Waals surface area contributed by atoms with Gasteiger partial charge in [0.25, 0.3) is 5.56 Å². The summed E-state index contributed by atoms with van der Waals surface area (Å²) in [5.41, 5.74) is 1.13. The van der Waals surface area contributed by atoms with Crippen LogP contribution in [0.1, 0.15) is 31.2 Å². The Morgan fingerprint density at radius 3 is 2.48 bits per heavy atom. The summed E-state index contributed by atoms with van der Waals surface area (Å²) in [6.07, 6.45) is 1.43. The zero-order valence-corrected chi connectivity index (χ0v) is 14.1. The maximum atomic E-state index is 12.3. The number of carbonyl (C=O) groups excluding carboxylic acids is 3. The van der Waals surface area contributed by atoms with Crippen molar-refractivity contribution in [2.45, 2.75) is 33.2 Å². The smallest absolute Gasteiger partial charge is 0.269 e. The molecule has 3 rings (SSSR count). The Hall–Kier alpha value is -3.03. The molecule has 8 heteroatoms. The Morgan fingerprint density at radius 1 is 1.04 bits per heavy atom. The van der Waals surface area contributed by atoms with Crippen molar-refractivity contribution in [1.82, 2.24) is 19.2 Å². The van der Waals surface area contributed by atoms with Crippen molar-refractivity contribution in [3.63, 3.8) is 0 Å². The van der Waals surface area contributed by atoms with Gasteiger partial charge in [-0.25, -0.2) is 14.7 Å². The Kier molecular flexibility index (Phi) is 4.35. The number of urea groups is 1. The molecule has 2 aromatic rings. The van der Waals surface area contributed by atoms with Crippen LogP contribution in [0.5, 0.6) is 0 Å². The first-order valence-electron chi connectivity index (χ1n) is 8.09. The molecule has 0 aromatic carbocycles. The van der Waals surface area contributed by atoms with Gasteiger partial charge in [0.2, 0.25) is 0 Å². The van der Waals surface area contributed by atoms with Crippen LogP contribution < -0.4 is 5.56 Å². The molecular formula is C17H18N4O4. The third-order valence-corrected chi connectivity index (χ3v) is 4.12. The molecule has 0 aliphatic carbocycles. The van der Waals surface area contributed by atoms with Crippen molar-refractivity contribution in [3.05, 3.63) is 46.0 Å². The Morgan fingerprint density at radius 2 is 1.76 bits per heavy atom. The van der Waals surface area contributed by atoms with Gasteiger partial charge in [0, 0.05) is 18.3 Å². The first-order valence-corrected chi connectivity index (χ1v) is 8.09. The van der Waals surface area contributed by atoms with Crippen molar-refractivity contribution >= 4 is 23.5 Å². The number of carbonyl (C=O) groups is 3. The van der Waals surface area contributed by atoms with E-state index in [1.807, 2.05) is 6.92 Å². The van der Waals surface area contributed by atoms with E-state index < -0.39 is 17.8 Å². The van der Waals surface area contributed by atoms with Crippen LogP contribution in [0.2, 0.25) is 0 Å². The second-order valence-corrected chi connectivity index (χ2v) is 5.93. The first kappa shape index (κ1) is 16.8. The summed E-state index contributed by atoms with van der Waals surface area (Å²) in [6, 6.07) is 5.84. The number of hydrogen-bond acceptors (Lipinski definition) is 5. The molecule has 2 aromatic heterocycles. The van der Waals surface area contributed by atoms with Crippen LogP contribution in [-0.2, 0) is 16.1 Å². The summed E-state index contributed by atoms with van der Waals surface area (Å²) < 4.78 is 1.44. The molecule has 0 radical (unpaired) electrons. The van der Waals surface area contributed by atoms with E-state index in [0.717, 1.165) is 21.9 Å². The highest BCUT2D eigenvalue weighted by atomic mass is 16.2. The van der Waals surface area contributed by atoms with Gasteiger partial charge in [0.05, 0.1) is 12.2 Å². The highest BCUT2D eigenvalue weighted by Gasteiger charge is 2.44. The molecule has 0 bridgehead atoms. The van der Waals surface area contributed by atoms with Crippen LogP contribution in [0.25, 0.3) is 5.65 Å². The minimum Gasteiger partial charge on any atom is -0.269 e. The van der Waals surface area contributed by atoms with Gasteiger partial charge < -0.3 is 0 Å². The molecule has 4 amide bonds. The SMILES string of the molecule is CCCCN1C(=O)C(=O)N(Cc2cc(=O)n3c(C)cccc3n2)C1=O. The molecule has 1 aliphatic heterocycles. The van der Waals surface area contributed by atoms with Gasteiger partial charge >= 0.3 is 17.8 Å². The monoisotopic (exact) mass is 342 g/mol. The lowest BCUT2D eigenvalue weighted by Gasteiger charge is -2.15. The number of rotatable bonds is 5. The molecule has 1 fully saturated rings. The number of imide groups is 2. The van der Waals surface area contributed by atoms with Gasteiger partial charge in [-0.05, 0) is 25.5 Å². The molecule has 0 unspecified atom stereocenters. The molecule has 25 heavy (non-hydrogen) atoms. The van der Waals surface area contributed by atoms with E-state index in [4.69, 9.17) is 0 Å². The van der Waals surface area contributed by atoms with Crippen LogP contribution in [0.15, 0.2) is 29.1 Å². The van der Waals surface area contributed by atoms with E-state index in [1.165, 1.54) is 10.5 Å². The summed E-state index contributed by atoms with van der Waals surface area (Å²) in [5, 5.41) is 0. The van der Waals surface area contributed by atoms with E-state index >= 15 is 0 Å². The second-order valence-electron chi connectivity index (χ2n) is 5.93. The topological polar surface area (TPSA) is 92.1 Å². The van der Waals surface area contributed by atoms with Crippen LogP contribution >= 0.6 is 0 Å². The molecule has 3 heterocycles. The quantitative estimate of drug-likeness (QED) is 0.599. The van der Waals surface area contributed by atoms with Gasteiger partial charge in [0.15, 0.2) is 0 Å². The standard InChI is InChI=1S/C17H18N4O4/c1-3-4-8-19-15(23)16(24)20(17(19)25)10-12-9-14(22)21-11(2)6-5-7-13(21)18-12/h5-7,9H,3-4,8,10H2,1-2H3. The second kappa shape index (κ2) is 6.46. The third-order valence-electron chi connectivity index (χ3n) is 4.12. The van der Waals surface area contributed by atoms with E-state index in [9.17, 15) is 19.2 Å². The van der Waals surface area contributed by atoms with Gasteiger partial charge in [-0.1, -0.05) is 19.4 Å². The third kappa shape index (κ3) is 2.90. The number of aromatic nitrogens is 2. The zero-order valence-electron chi connectivity index (χ0n) is 14.1. The number of fused-ring (bicyclic) bond motifs is 1. The van der Waals surface area contributed by atoms with Gasteiger partial charge in [0.1, 0.15) is 5.65 Å². The molecule has 8 nitrogen and oxygen atoms in total. The van der Waals surface area contributed by atoms with E-state index in [1.54, 1.807) is 25.1 Å². The summed E-state index contributed by atoms with van der Waals surface area (Å²) in [4.78, 5) is 54.8. The fourth-order valence-electron chi connectivity index (χ4n) is 2.81. The summed E-state index contributed by atoms with van der Waals surface area (Å²) in [7, 11) is 0. The number of aryl methyl sites for hydroxylation is 1. The maximum absolute atomic E-state index is 12.3. The van der Waals surface area contributed by atoms with Crippen molar-refractivity contribution < 1.29 is 14.4 Å². The molecule has 0 saturated carbocycles. The summed E-state index contributed by atoms with van der Waals surface area (Å²) in [6.45, 7) is 3.72. The van der Waals surface area contributed by atoms with Crippen LogP contribution in [0.3, 0.4) is 0 Å². The molecule has 0 N–H and O–H groups in total. The van der Waals surface area contributed by atoms with Crippen molar-refractivity contribution in [2.24, 2.45) is 0 Å². The van der Waals surface area contributed by atoms with Gasteiger partial charge in [-0.2, -0.15) is 0 Å². The average Bonchev–Trinajstić information content (AvgIpc) is 2.77. The minimum atomic E-state index is -0.882. The van der Waals surface area contributed by atoms with Gasteiger partial charge in [-0.15, -0.1) is 0 Å². The Labute approximate surface area is 143 Å².